The normalized spacial score (nSPS) is 24.0. The van der Waals surface area contributed by atoms with Crippen LogP contribution in [0.5, 0.6) is 0 Å². The minimum absolute atomic E-state index is 0.168. The highest BCUT2D eigenvalue weighted by atomic mass is 16.7. The summed E-state index contributed by atoms with van der Waals surface area (Å²) in [4.78, 5) is 39.3. The summed E-state index contributed by atoms with van der Waals surface area (Å²) < 4.78 is 22.5. The highest BCUT2D eigenvalue weighted by Gasteiger charge is 2.65. The van der Waals surface area contributed by atoms with Gasteiger partial charge >= 0.3 is 11.9 Å². The standard InChI is InChI=1S/C28H26O8/c1-18(34-25(30)20-14-8-4-9-15-20)22-24(36-26(31)21-16-10-5-11-17-21)28(32,27(33-2)35-22)23(29)19-12-6-3-7-13-19/h3-18,22,24,27,32H,1-2H3/t18-,22-,24-,27?,28-/m1/s1. The van der Waals surface area contributed by atoms with E-state index in [1.54, 1.807) is 66.7 Å². The molecule has 0 amide bonds. The number of methoxy groups -OCH3 is 1. The lowest BCUT2D eigenvalue weighted by atomic mass is 9.85. The van der Waals surface area contributed by atoms with Crippen LogP contribution in [0.4, 0.5) is 0 Å². The fraction of sp³-hybridized carbons (Fsp3) is 0.250. The Labute approximate surface area is 208 Å². The quantitative estimate of drug-likeness (QED) is 0.378. The Balaban J connectivity index is 1.69. The maximum atomic E-state index is 13.6. The second kappa shape index (κ2) is 10.8. The molecule has 0 saturated carbocycles. The molecule has 0 radical (unpaired) electrons. The molecule has 4 rings (SSSR count). The van der Waals surface area contributed by atoms with Crippen molar-refractivity contribution in [2.24, 2.45) is 0 Å². The van der Waals surface area contributed by atoms with Gasteiger partial charge in [0.15, 0.2) is 12.4 Å². The summed E-state index contributed by atoms with van der Waals surface area (Å²) in [6.45, 7) is 1.53. The third kappa shape index (κ3) is 4.92. The number of hydrogen-bond donors (Lipinski definition) is 1. The van der Waals surface area contributed by atoms with Crippen LogP contribution in [0.2, 0.25) is 0 Å². The van der Waals surface area contributed by atoms with Crippen molar-refractivity contribution >= 4 is 17.7 Å². The van der Waals surface area contributed by atoms with Gasteiger partial charge in [0.25, 0.3) is 0 Å². The van der Waals surface area contributed by atoms with Gasteiger partial charge in [-0.25, -0.2) is 9.59 Å². The van der Waals surface area contributed by atoms with E-state index in [-0.39, 0.29) is 11.1 Å². The van der Waals surface area contributed by atoms with Crippen molar-refractivity contribution < 1.29 is 38.4 Å². The average molecular weight is 491 g/mol. The summed E-state index contributed by atoms with van der Waals surface area (Å²) in [6.07, 6.45) is -5.29. The molecular weight excluding hydrogens is 464 g/mol. The Morgan fingerprint density at radius 3 is 1.78 bits per heavy atom. The summed E-state index contributed by atoms with van der Waals surface area (Å²) in [5, 5.41) is 11.8. The lowest BCUT2D eigenvalue weighted by molar-refractivity contribution is -0.180. The average Bonchev–Trinajstić information content (AvgIpc) is 3.21. The van der Waals surface area contributed by atoms with Crippen LogP contribution in [-0.2, 0) is 18.9 Å². The number of carbonyl (C=O) groups excluding carboxylic acids is 3. The Morgan fingerprint density at radius 2 is 1.28 bits per heavy atom. The van der Waals surface area contributed by atoms with Crippen molar-refractivity contribution in [3.8, 4) is 0 Å². The van der Waals surface area contributed by atoms with Crippen molar-refractivity contribution in [3.05, 3.63) is 108 Å². The monoisotopic (exact) mass is 490 g/mol. The summed E-state index contributed by atoms with van der Waals surface area (Å²) in [7, 11) is 1.26. The van der Waals surface area contributed by atoms with Gasteiger partial charge in [0, 0.05) is 12.7 Å². The third-order valence-corrected chi connectivity index (χ3v) is 5.99. The van der Waals surface area contributed by atoms with Crippen LogP contribution in [0, 0.1) is 0 Å². The number of benzene rings is 3. The zero-order valence-electron chi connectivity index (χ0n) is 19.8. The third-order valence-electron chi connectivity index (χ3n) is 5.99. The molecule has 3 aromatic rings. The first kappa shape index (κ1) is 25.2. The molecule has 5 atom stereocenters. The lowest BCUT2D eigenvalue weighted by Crippen LogP contribution is -2.57. The summed E-state index contributed by atoms with van der Waals surface area (Å²) in [5.41, 5.74) is -1.74. The summed E-state index contributed by atoms with van der Waals surface area (Å²) >= 11 is 0. The number of carbonyl (C=O) groups is 3. The molecule has 1 N–H and O–H groups in total. The van der Waals surface area contributed by atoms with E-state index in [0.717, 1.165) is 0 Å². The minimum Gasteiger partial charge on any atom is -0.456 e. The van der Waals surface area contributed by atoms with E-state index in [1.165, 1.54) is 38.3 Å². The number of Topliss-reactive ketones (excluding diaryl/α,β-unsaturated/α-hetero) is 1. The van der Waals surface area contributed by atoms with E-state index < -0.39 is 47.9 Å². The van der Waals surface area contributed by atoms with E-state index in [1.807, 2.05) is 0 Å². The molecule has 8 nitrogen and oxygen atoms in total. The Hall–Kier alpha value is -3.85. The number of hydrogen-bond acceptors (Lipinski definition) is 8. The first-order valence-electron chi connectivity index (χ1n) is 11.4. The number of esters is 2. The van der Waals surface area contributed by atoms with Gasteiger partial charge in [-0.3, -0.25) is 4.79 Å². The largest absolute Gasteiger partial charge is 0.456 e. The predicted molar refractivity (Wildman–Crippen MR) is 128 cm³/mol. The first-order valence-corrected chi connectivity index (χ1v) is 11.4. The van der Waals surface area contributed by atoms with Crippen LogP contribution < -0.4 is 0 Å². The zero-order chi connectivity index (χ0) is 25.7. The highest BCUT2D eigenvalue weighted by molar-refractivity contribution is 6.04. The summed E-state index contributed by atoms with van der Waals surface area (Å²) in [6, 6.07) is 24.5. The van der Waals surface area contributed by atoms with Gasteiger partial charge < -0.3 is 24.1 Å². The fourth-order valence-electron chi connectivity index (χ4n) is 4.14. The molecule has 0 bridgehead atoms. The molecule has 1 aliphatic rings. The van der Waals surface area contributed by atoms with E-state index in [0.29, 0.717) is 5.56 Å². The number of ketones is 1. The topological polar surface area (TPSA) is 108 Å². The van der Waals surface area contributed by atoms with Gasteiger partial charge in [0.1, 0.15) is 12.2 Å². The van der Waals surface area contributed by atoms with E-state index >= 15 is 0 Å². The van der Waals surface area contributed by atoms with Crippen LogP contribution in [0.3, 0.4) is 0 Å². The van der Waals surface area contributed by atoms with Crippen molar-refractivity contribution in [1.82, 2.24) is 0 Å². The van der Waals surface area contributed by atoms with Crippen LogP contribution in [0.25, 0.3) is 0 Å². The second-order valence-electron chi connectivity index (χ2n) is 8.36. The predicted octanol–water partition coefficient (Wildman–Crippen LogP) is 3.44. The van der Waals surface area contributed by atoms with Gasteiger partial charge in [-0.15, -0.1) is 0 Å². The van der Waals surface area contributed by atoms with Crippen LogP contribution in [0.15, 0.2) is 91.0 Å². The molecule has 0 aliphatic carbocycles. The maximum Gasteiger partial charge on any atom is 0.338 e. The van der Waals surface area contributed by atoms with Gasteiger partial charge in [0.05, 0.1) is 11.1 Å². The molecule has 186 valence electrons. The first-order chi connectivity index (χ1) is 17.4. The lowest BCUT2D eigenvalue weighted by Gasteiger charge is -2.32. The highest BCUT2D eigenvalue weighted by Crippen LogP contribution is 2.39. The van der Waals surface area contributed by atoms with Gasteiger partial charge in [0.2, 0.25) is 11.4 Å². The molecule has 3 aromatic carbocycles. The molecule has 1 saturated heterocycles. The van der Waals surface area contributed by atoms with Crippen molar-refractivity contribution in [1.29, 1.82) is 0 Å². The second-order valence-corrected chi connectivity index (χ2v) is 8.36. The number of aliphatic hydroxyl groups is 1. The van der Waals surface area contributed by atoms with Crippen molar-refractivity contribution in [2.75, 3.05) is 7.11 Å². The van der Waals surface area contributed by atoms with Crippen molar-refractivity contribution in [2.45, 2.75) is 37.1 Å². The van der Waals surface area contributed by atoms with Gasteiger partial charge in [-0.05, 0) is 31.2 Å². The van der Waals surface area contributed by atoms with Crippen LogP contribution in [0.1, 0.15) is 38.0 Å². The van der Waals surface area contributed by atoms with Gasteiger partial charge in [-0.2, -0.15) is 0 Å². The Bertz CT molecular complexity index is 1200. The van der Waals surface area contributed by atoms with Gasteiger partial charge in [-0.1, -0.05) is 66.7 Å². The molecule has 1 unspecified atom stereocenters. The zero-order valence-corrected chi connectivity index (χ0v) is 19.8. The Morgan fingerprint density at radius 1 is 0.806 bits per heavy atom. The maximum absolute atomic E-state index is 13.6. The molecule has 36 heavy (non-hydrogen) atoms. The molecule has 1 heterocycles. The number of ether oxygens (including phenoxy) is 4. The molecule has 0 spiro atoms. The molecular formula is C28H26O8. The van der Waals surface area contributed by atoms with E-state index in [9.17, 15) is 19.5 Å². The Kier molecular flexibility index (Phi) is 7.59. The van der Waals surface area contributed by atoms with E-state index in [4.69, 9.17) is 18.9 Å². The SMILES string of the molecule is COC1O[C@H]([C@@H](C)OC(=O)c2ccccc2)[C@@H](OC(=O)c2ccccc2)[C@]1(O)C(=O)c1ccccc1. The van der Waals surface area contributed by atoms with Crippen molar-refractivity contribution in [3.63, 3.8) is 0 Å². The number of rotatable bonds is 8. The fourth-order valence-corrected chi connectivity index (χ4v) is 4.14. The molecule has 0 aromatic heterocycles. The molecule has 8 heteroatoms. The van der Waals surface area contributed by atoms with Crippen LogP contribution >= 0.6 is 0 Å². The minimum atomic E-state index is -2.42. The molecule has 1 aliphatic heterocycles. The van der Waals surface area contributed by atoms with Crippen LogP contribution in [-0.4, -0.2) is 60.1 Å². The van der Waals surface area contributed by atoms with E-state index in [2.05, 4.69) is 0 Å². The molecule has 1 fully saturated rings. The summed E-state index contributed by atoms with van der Waals surface area (Å²) in [5.74, 6) is -2.18. The smallest absolute Gasteiger partial charge is 0.338 e.